The van der Waals surface area contributed by atoms with Crippen LogP contribution in [-0.4, -0.2) is 42.8 Å². The van der Waals surface area contributed by atoms with E-state index in [0.29, 0.717) is 18.4 Å². The van der Waals surface area contributed by atoms with Crippen LogP contribution in [0.5, 0.6) is 5.75 Å². The maximum Gasteiger partial charge on any atom is 0.229 e. The molecule has 0 aliphatic rings. The predicted octanol–water partition coefficient (Wildman–Crippen LogP) is 2.54. The third-order valence-electron chi connectivity index (χ3n) is 4.57. The van der Waals surface area contributed by atoms with E-state index in [0.717, 1.165) is 17.4 Å². The maximum atomic E-state index is 11.4. The number of nitrogens with one attached hydrogen (secondary N) is 2. The number of rotatable bonds is 10. The number of aliphatic hydroxyl groups is 1. The van der Waals surface area contributed by atoms with Crippen LogP contribution in [0.1, 0.15) is 43.6 Å². The van der Waals surface area contributed by atoms with Crippen molar-refractivity contribution in [1.82, 2.24) is 5.32 Å². The summed E-state index contributed by atoms with van der Waals surface area (Å²) >= 11 is 0. The molecule has 0 aliphatic carbocycles. The number of anilines is 1. The smallest absolute Gasteiger partial charge is 0.229 e. The Labute approximate surface area is 178 Å². The van der Waals surface area contributed by atoms with Gasteiger partial charge in [0.15, 0.2) is 0 Å². The molecule has 8 heteroatoms. The molecule has 30 heavy (non-hydrogen) atoms. The summed E-state index contributed by atoms with van der Waals surface area (Å²) in [6.45, 7) is 5.85. The number of aromatic hydroxyl groups is 1. The van der Waals surface area contributed by atoms with E-state index in [4.69, 9.17) is 0 Å². The van der Waals surface area contributed by atoms with Crippen LogP contribution < -0.4 is 10.0 Å². The lowest BCUT2D eigenvalue weighted by atomic mass is 9.93. The van der Waals surface area contributed by atoms with Gasteiger partial charge in [0, 0.05) is 18.5 Å². The summed E-state index contributed by atoms with van der Waals surface area (Å²) < 4.78 is 25.1. The number of β-amino-alcohol motifs (C(OH)–C–C–N with tert-alkyl or cyclic N) is 1. The highest BCUT2D eigenvalue weighted by atomic mass is 32.2. The summed E-state index contributed by atoms with van der Waals surface area (Å²) in [5.74, 6) is -0.0959. The molecular formula is C22H30N2O5S. The van der Waals surface area contributed by atoms with Crippen molar-refractivity contribution in [2.24, 2.45) is 0 Å². The number of carbonyl (C=O) groups is 1. The molecule has 2 aromatic carbocycles. The number of aliphatic hydroxyl groups excluding tert-OH is 1. The fourth-order valence-electron chi connectivity index (χ4n) is 3.24. The van der Waals surface area contributed by atoms with Crippen LogP contribution in [0.3, 0.4) is 0 Å². The van der Waals surface area contributed by atoms with E-state index in [2.05, 4.69) is 10.0 Å². The molecule has 0 bridgehead atoms. The highest BCUT2D eigenvalue weighted by Gasteiger charge is 2.21. The van der Waals surface area contributed by atoms with Crippen LogP contribution in [-0.2, 0) is 27.7 Å². The van der Waals surface area contributed by atoms with Crippen LogP contribution in [0, 0.1) is 0 Å². The molecule has 0 heterocycles. The molecule has 0 saturated carbocycles. The Morgan fingerprint density at radius 3 is 2.43 bits per heavy atom. The second-order valence-corrected chi connectivity index (χ2v) is 10.1. The zero-order valence-corrected chi connectivity index (χ0v) is 18.6. The second kappa shape index (κ2) is 9.59. The number of benzene rings is 2. The number of hydrogen-bond acceptors (Lipinski definition) is 6. The van der Waals surface area contributed by atoms with Gasteiger partial charge < -0.3 is 15.5 Å². The topological polar surface area (TPSA) is 116 Å². The molecule has 0 amide bonds. The molecule has 1 unspecified atom stereocenters. The summed E-state index contributed by atoms with van der Waals surface area (Å²) in [6, 6.07) is 12.2. The van der Waals surface area contributed by atoms with Crippen molar-refractivity contribution in [3.63, 3.8) is 0 Å². The molecule has 164 valence electrons. The minimum Gasteiger partial charge on any atom is -0.506 e. The van der Waals surface area contributed by atoms with Crippen molar-refractivity contribution in [1.29, 1.82) is 0 Å². The average molecular weight is 435 g/mol. The number of sulfonamides is 1. The number of phenolic OH excluding ortho intramolecular Hbond substituents is 1. The first-order chi connectivity index (χ1) is 13.8. The molecular weight excluding hydrogens is 404 g/mol. The predicted molar refractivity (Wildman–Crippen MR) is 118 cm³/mol. The first-order valence-corrected chi connectivity index (χ1v) is 11.5. The molecule has 2 rings (SSSR count). The van der Waals surface area contributed by atoms with Gasteiger partial charge in [-0.3, -0.25) is 9.52 Å². The Bertz CT molecular complexity index is 1000. The lowest BCUT2D eigenvalue weighted by molar-refractivity contribution is -0.116. The van der Waals surface area contributed by atoms with Crippen molar-refractivity contribution >= 4 is 21.5 Å². The van der Waals surface area contributed by atoms with Crippen LogP contribution in [0.15, 0.2) is 42.5 Å². The number of carbonyl (C=O) groups excluding carboxylic acids is 1. The normalized spacial score (nSPS) is 13.1. The molecule has 0 radical (unpaired) electrons. The van der Waals surface area contributed by atoms with E-state index in [1.54, 1.807) is 13.0 Å². The first kappa shape index (κ1) is 23.9. The van der Waals surface area contributed by atoms with E-state index in [1.807, 2.05) is 38.1 Å². The third kappa shape index (κ3) is 7.78. The summed E-state index contributed by atoms with van der Waals surface area (Å²) in [5.41, 5.74) is 2.23. The van der Waals surface area contributed by atoms with Crippen LogP contribution in [0.4, 0.5) is 5.69 Å². The summed E-state index contributed by atoms with van der Waals surface area (Å²) in [4.78, 5) is 11.3. The highest BCUT2D eigenvalue weighted by molar-refractivity contribution is 7.92. The Morgan fingerprint density at radius 2 is 1.80 bits per heavy atom. The number of phenols is 1. The van der Waals surface area contributed by atoms with Crippen molar-refractivity contribution in [2.75, 3.05) is 17.5 Å². The Kier molecular flexibility index (Phi) is 7.63. The van der Waals surface area contributed by atoms with E-state index in [-0.39, 0.29) is 29.3 Å². The summed E-state index contributed by atoms with van der Waals surface area (Å²) in [6.07, 6.45) is 1.20. The molecule has 0 aliphatic heterocycles. The molecule has 0 saturated heterocycles. The van der Waals surface area contributed by atoms with Crippen molar-refractivity contribution in [3.8, 4) is 5.75 Å². The Morgan fingerprint density at radius 1 is 1.13 bits per heavy atom. The van der Waals surface area contributed by atoms with Gasteiger partial charge in [0.25, 0.3) is 0 Å². The summed E-state index contributed by atoms with van der Waals surface area (Å²) in [5, 5.41) is 23.7. The van der Waals surface area contributed by atoms with Gasteiger partial charge >= 0.3 is 0 Å². The van der Waals surface area contributed by atoms with E-state index >= 15 is 0 Å². The van der Waals surface area contributed by atoms with Gasteiger partial charge in [0.05, 0.1) is 18.0 Å². The fourth-order valence-corrected chi connectivity index (χ4v) is 3.81. The minimum absolute atomic E-state index is 0.0237. The molecule has 0 aromatic heterocycles. The quantitative estimate of drug-likeness (QED) is 0.427. The lowest BCUT2D eigenvalue weighted by Crippen LogP contribution is -2.43. The standard InChI is InChI=1S/C22H30N2O5S/c1-15(25)10-16-6-5-7-17(11-16)13-22(2,3)23-14-21(27)18-8-9-20(26)19(12-18)24-30(4,28)29/h5-9,11-12,21,23-24,26-27H,10,13-14H2,1-4H3. The van der Waals surface area contributed by atoms with Crippen LogP contribution in [0.2, 0.25) is 0 Å². The molecule has 7 nitrogen and oxygen atoms in total. The van der Waals surface area contributed by atoms with Gasteiger partial charge in [-0.25, -0.2) is 8.42 Å². The van der Waals surface area contributed by atoms with Gasteiger partial charge in [-0.05, 0) is 56.0 Å². The van der Waals surface area contributed by atoms with E-state index in [9.17, 15) is 23.4 Å². The number of ketones is 1. The number of hydrogen-bond donors (Lipinski definition) is 4. The zero-order valence-electron chi connectivity index (χ0n) is 17.8. The fraction of sp³-hybridized carbons (Fsp3) is 0.409. The monoisotopic (exact) mass is 434 g/mol. The van der Waals surface area contributed by atoms with E-state index < -0.39 is 16.1 Å². The zero-order chi connectivity index (χ0) is 22.5. The molecule has 0 spiro atoms. The van der Waals surface area contributed by atoms with Crippen molar-refractivity contribution in [3.05, 3.63) is 59.2 Å². The van der Waals surface area contributed by atoms with Gasteiger partial charge in [0.2, 0.25) is 10.0 Å². The van der Waals surface area contributed by atoms with Crippen molar-refractivity contribution in [2.45, 2.75) is 45.3 Å². The largest absolute Gasteiger partial charge is 0.506 e. The van der Waals surface area contributed by atoms with Crippen molar-refractivity contribution < 1.29 is 23.4 Å². The van der Waals surface area contributed by atoms with Crippen LogP contribution in [0.25, 0.3) is 0 Å². The van der Waals surface area contributed by atoms with E-state index in [1.165, 1.54) is 12.1 Å². The Hall–Kier alpha value is -2.42. The molecule has 1 atom stereocenters. The highest BCUT2D eigenvalue weighted by Crippen LogP contribution is 2.28. The van der Waals surface area contributed by atoms with Crippen LogP contribution >= 0.6 is 0 Å². The third-order valence-corrected chi connectivity index (χ3v) is 5.16. The Balaban J connectivity index is 2.03. The maximum absolute atomic E-state index is 11.4. The minimum atomic E-state index is -3.55. The number of Topliss-reactive ketones (excluding diaryl/α,β-unsaturated/α-hetero) is 1. The molecule has 0 fully saturated rings. The molecule has 4 N–H and O–H groups in total. The van der Waals surface area contributed by atoms with Gasteiger partial charge in [-0.1, -0.05) is 30.3 Å². The SMILES string of the molecule is CC(=O)Cc1cccc(CC(C)(C)NCC(O)c2ccc(O)c(NS(C)(=O)=O)c2)c1. The first-order valence-electron chi connectivity index (χ1n) is 9.66. The lowest BCUT2D eigenvalue weighted by Gasteiger charge is -2.28. The van der Waals surface area contributed by atoms with Gasteiger partial charge in [-0.15, -0.1) is 0 Å². The van der Waals surface area contributed by atoms with Gasteiger partial charge in [0.1, 0.15) is 11.5 Å². The summed E-state index contributed by atoms with van der Waals surface area (Å²) in [7, 11) is -3.55. The van der Waals surface area contributed by atoms with Gasteiger partial charge in [-0.2, -0.15) is 0 Å². The second-order valence-electron chi connectivity index (χ2n) is 8.31. The molecule has 2 aromatic rings. The average Bonchev–Trinajstić information content (AvgIpc) is 2.60.